The van der Waals surface area contributed by atoms with Gasteiger partial charge in [-0.1, -0.05) is 50.6 Å². The van der Waals surface area contributed by atoms with Crippen LogP contribution in [0, 0.1) is 5.92 Å². The standard InChI is InChI=1S/C20H25N3OS/c1-12(2)19(24)21-15-10-8-14(9-11-15)18-13(3)25-20-22-16-6-4-5-7-17(16)23(18)20/h8-12,16-17H,4-7H2,1-3H3,(H,21,24)/t16-,17-/m0/s1. The number of carbonyl (C=O) groups is 1. The number of amides is 1. The number of aliphatic imine (C=N–C) groups is 1. The first-order chi connectivity index (χ1) is 12.0. The molecule has 25 heavy (non-hydrogen) atoms. The summed E-state index contributed by atoms with van der Waals surface area (Å²) < 4.78 is 0. The lowest BCUT2D eigenvalue weighted by molar-refractivity contribution is -0.118. The van der Waals surface area contributed by atoms with Gasteiger partial charge in [0.25, 0.3) is 0 Å². The second kappa shape index (κ2) is 6.52. The number of anilines is 1. The van der Waals surface area contributed by atoms with E-state index in [0.717, 1.165) is 5.69 Å². The second-order valence-electron chi connectivity index (χ2n) is 7.43. The fourth-order valence-corrected chi connectivity index (χ4v) is 5.02. The maximum Gasteiger partial charge on any atom is 0.226 e. The molecule has 1 aromatic rings. The number of rotatable bonds is 3. The van der Waals surface area contributed by atoms with Crippen LogP contribution in [-0.2, 0) is 4.79 Å². The van der Waals surface area contributed by atoms with Crippen molar-refractivity contribution in [1.29, 1.82) is 0 Å². The summed E-state index contributed by atoms with van der Waals surface area (Å²) in [6.45, 7) is 6.00. The summed E-state index contributed by atoms with van der Waals surface area (Å²) in [7, 11) is 0. The number of hydrogen-bond acceptors (Lipinski definition) is 4. The molecule has 0 bridgehead atoms. The number of fused-ring (bicyclic) bond motifs is 3. The average molecular weight is 356 g/mol. The zero-order valence-electron chi connectivity index (χ0n) is 15.1. The first-order valence-electron chi connectivity index (χ1n) is 9.21. The molecule has 2 heterocycles. The predicted molar refractivity (Wildman–Crippen MR) is 105 cm³/mol. The molecule has 3 aliphatic rings. The van der Waals surface area contributed by atoms with Gasteiger partial charge in [-0.2, -0.15) is 0 Å². The number of carbonyl (C=O) groups excluding carboxylic acids is 1. The van der Waals surface area contributed by atoms with E-state index in [1.54, 1.807) is 0 Å². The molecular weight excluding hydrogens is 330 g/mol. The minimum absolute atomic E-state index is 0.0116. The monoisotopic (exact) mass is 355 g/mol. The number of nitrogens with one attached hydrogen (secondary N) is 1. The van der Waals surface area contributed by atoms with Crippen LogP contribution in [-0.4, -0.2) is 28.1 Å². The van der Waals surface area contributed by atoms with Crippen molar-refractivity contribution >= 4 is 34.2 Å². The Morgan fingerprint density at radius 2 is 1.96 bits per heavy atom. The van der Waals surface area contributed by atoms with E-state index in [-0.39, 0.29) is 11.8 Å². The second-order valence-corrected chi connectivity index (χ2v) is 8.61. The molecule has 5 heteroatoms. The molecule has 0 spiro atoms. The molecule has 1 fully saturated rings. The molecule has 0 aromatic heterocycles. The van der Waals surface area contributed by atoms with E-state index in [0.29, 0.717) is 12.1 Å². The van der Waals surface area contributed by atoms with E-state index < -0.39 is 0 Å². The van der Waals surface area contributed by atoms with Crippen LogP contribution in [0.1, 0.15) is 52.0 Å². The summed E-state index contributed by atoms with van der Waals surface area (Å²) in [5.74, 6) is 0.0426. The van der Waals surface area contributed by atoms with Crippen LogP contribution in [0.25, 0.3) is 5.70 Å². The lowest BCUT2D eigenvalue weighted by atomic mass is 9.90. The van der Waals surface area contributed by atoms with Crippen LogP contribution >= 0.6 is 11.8 Å². The molecule has 2 aliphatic heterocycles. The molecule has 132 valence electrons. The SMILES string of the molecule is CC1=C(c2ccc(NC(=O)C(C)C)cc2)N2C(=N[C@H]3CCCC[C@@H]32)S1. The van der Waals surface area contributed by atoms with Crippen molar-refractivity contribution in [3.63, 3.8) is 0 Å². The van der Waals surface area contributed by atoms with Crippen LogP contribution < -0.4 is 5.32 Å². The van der Waals surface area contributed by atoms with Gasteiger partial charge in [0.05, 0.1) is 17.8 Å². The number of amidine groups is 1. The third-order valence-corrected chi connectivity index (χ3v) is 6.26. The van der Waals surface area contributed by atoms with Gasteiger partial charge in [0, 0.05) is 16.5 Å². The van der Waals surface area contributed by atoms with E-state index in [9.17, 15) is 4.79 Å². The maximum atomic E-state index is 11.9. The highest BCUT2D eigenvalue weighted by atomic mass is 32.2. The van der Waals surface area contributed by atoms with E-state index in [1.165, 1.54) is 47.0 Å². The predicted octanol–water partition coefficient (Wildman–Crippen LogP) is 4.70. The maximum absolute atomic E-state index is 11.9. The fourth-order valence-electron chi connectivity index (χ4n) is 3.92. The van der Waals surface area contributed by atoms with Crippen LogP contribution in [0.3, 0.4) is 0 Å². The normalized spacial score (nSPS) is 25.1. The van der Waals surface area contributed by atoms with Crippen molar-refractivity contribution < 1.29 is 4.79 Å². The zero-order valence-corrected chi connectivity index (χ0v) is 15.9. The molecule has 0 saturated heterocycles. The van der Waals surface area contributed by atoms with E-state index in [2.05, 4.69) is 29.3 Å². The molecule has 0 unspecified atom stereocenters. The first kappa shape index (κ1) is 16.7. The Kier molecular flexibility index (Phi) is 4.36. The molecule has 1 N–H and O–H groups in total. The van der Waals surface area contributed by atoms with Crippen molar-refractivity contribution in [1.82, 2.24) is 4.90 Å². The van der Waals surface area contributed by atoms with Gasteiger partial charge in [0.2, 0.25) is 5.91 Å². The Morgan fingerprint density at radius 1 is 1.24 bits per heavy atom. The smallest absolute Gasteiger partial charge is 0.226 e. The third kappa shape index (κ3) is 2.99. The minimum Gasteiger partial charge on any atom is -0.326 e. The van der Waals surface area contributed by atoms with Gasteiger partial charge < -0.3 is 10.2 Å². The Hall–Kier alpha value is -1.75. The summed E-state index contributed by atoms with van der Waals surface area (Å²) >= 11 is 1.81. The first-order valence-corrected chi connectivity index (χ1v) is 10.0. The lowest BCUT2D eigenvalue weighted by Crippen LogP contribution is -2.38. The Labute approximate surface area is 153 Å². The Morgan fingerprint density at radius 3 is 2.68 bits per heavy atom. The largest absolute Gasteiger partial charge is 0.326 e. The van der Waals surface area contributed by atoms with Gasteiger partial charge in [-0.05, 0) is 37.5 Å². The number of allylic oxidation sites excluding steroid dienone is 1. The third-order valence-electron chi connectivity index (χ3n) is 5.28. The summed E-state index contributed by atoms with van der Waals surface area (Å²) in [5.41, 5.74) is 3.38. The van der Waals surface area contributed by atoms with E-state index in [1.807, 2.05) is 37.7 Å². The number of benzene rings is 1. The minimum atomic E-state index is -0.0116. The molecule has 2 atom stereocenters. The van der Waals surface area contributed by atoms with Crippen LogP contribution in [0.4, 0.5) is 5.69 Å². The van der Waals surface area contributed by atoms with Crippen molar-refractivity contribution in [3.05, 3.63) is 34.7 Å². The lowest BCUT2D eigenvalue weighted by Gasteiger charge is -2.32. The quantitative estimate of drug-likeness (QED) is 0.855. The number of hydrogen-bond donors (Lipinski definition) is 1. The Bertz CT molecular complexity index is 751. The average Bonchev–Trinajstić information content (AvgIpc) is 3.10. The molecule has 1 amide bonds. The number of thioether (sulfide) groups is 1. The summed E-state index contributed by atoms with van der Waals surface area (Å²) in [4.78, 5) is 20.6. The summed E-state index contributed by atoms with van der Waals surface area (Å²) in [6, 6.07) is 9.25. The Balaban J connectivity index is 1.58. The van der Waals surface area contributed by atoms with Gasteiger partial charge in [-0.3, -0.25) is 9.79 Å². The van der Waals surface area contributed by atoms with Crippen molar-refractivity contribution in [2.45, 2.75) is 58.5 Å². The van der Waals surface area contributed by atoms with Crippen molar-refractivity contribution in [2.75, 3.05) is 5.32 Å². The zero-order chi connectivity index (χ0) is 17.6. The molecule has 1 aliphatic carbocycles. The molecule has 0 radical (unpaired) electrons. The van der Waals surface area contributed by atoms with Gasteiger partial charge in [0.1, 0.15) is 0 Å². The molecular formula is C20H25N3OS. The van der Waals surface area contributed by atoms with Crippen LogP contribution in [0.15, 0.2) is 34.2 Å². The number of nitrogens with zero attached hydrogens (tertiary/aromatic N) is 2. The van der Waals surface area contributed by atoms with Gasteiger partial charge in [0.15, 0.2) is 5.17 Å². The van der Waals surface area contributed by atoms with Crippen molar-refractivity contribution in [3.8, 4) is 0 Å². The van der Waals surface area contributed by atoms with Crippen LogP contribution in [0.5, 0.6) is 0 Å². The summed E-state index contributed by atoms with van der Waals surface area (Å²) in [5, 5.41) is 4.15. The molecule has 1 aromatic carbocycles. The van der Waals surface area contributed by atoms with Gasteiger partial charge >= 0.3 is 0 Å². The molecule has 1 saturated carbocycles. The van der Waals surface area contributed by atoms with Crippen molar-refractivity contribution in [2.24, 2.45) is 10.9 Å². The van der Waals surface area contributed by atoms with Gasteiger partial charge in [-0.25, -0.2) is 0 Å². The van der Waals surface area contributed by atoms with E-state index in [4.69, 9.17) is 4.99 Å². The molecule has 4 nitrogen and oxygen atoms in total. The molecule has 4 rings (SSSR count). The topological polar surface area (TPSA) is 44.7 Å². The fraction of sp³-hybridized carbons (Fsp3) is 0.500. The summed E-state index contributed by atoms with van der Waals surface area (Å²) in [6.07, 6.45) is 5.06. The highest BCUT2D eigenvalue weighted by Gasteiger charge is 2.43. The highest BCUT2D eigenvalue weighted by Crippen LogP contribution is 2.47. The van der Waals surface area contributed by atoms with Crippen LogP contribution in [0.2, 0.25) is 0 Å². The van der Waals surface area contributed by atoms with Gasteiger partial charge in [-0.15, -0.1) is 0 Å². The highest BCUT2D eigenvalue weighted by molar-refractivity contribution is 8.17. The van der Waals surface area contributed by atoms with E-state index >= 15 is 0 Å².